The van der Waals surface area contributed by atoms with Gasteiger partial charge in [0.25, 0.3) is 0 Å². The minimum Gasteiger partial charge on any atom is -0.396 e. The first kappa shape index (κ1) is 11.5. The number of rotatable bonds is 5. The third-order valence-electron chi connectivity index (χ3n) is 4.87. The van der Waals surface area contributed by atoms with Crippen molar-refractivity contribution in [3.05, 3.63) is 0 Å². The second-order valence-electron chi connectivity index (χ2n) is 6.08. The number of aliphatic hydroxyl groups is 1. The van der Waals surface area contributed by atoms with E-state index in [1.54, 1.807) is 0 Å². The van der Waals surface area contributed by atoms with Crippen LogP contribution < -0.4 is 10.6 Å². The fourth-order valence-corrected chi connectivity index (χ4v) is 3.45. The highest BCUT2D eigenvalue weighted by Gasteiger charge is 2.45. The molecule has 3 fully saturated rings. The van der Waals surface area contributed by atoms with Crippen molar-refractivity contribution in [2.45, 2.75) is 50.6 Å². The van der Waals surface area contributed by atoms with Gasteiger partial charge in [-0.2, -0.15) is 0 Å². The molecule has 2 bridgehead atoms. The van der Waals surface area contributed by atoms with Crippen molar-refractivity contribution in [1.82, 2.24) is 10.6 Å². The molecule has 0 aromatic carbocycles. The van der Waals surface area contributed by atoms with Crippen LogP contribution in [-0.2, 0) is 4.79 Å². The molecule has 0 aromatic heterocycles. The van der Waals surface area contributed by atoms with E-state index in [1.165, 1.54) is 6.42 Å². The van der Waals surface area contributed by atoms with Crippen LogP contribution in [0.1, 0.15) is 38.5 Å². The second-order valence-corrected chi connectivity index (χ2v) is 6.08. The molecule has 3 atom stereocenters. The van der Waals surface area contributed by atoms with E-state index >= 15 is 0 Å². The lowest BCUT2D eigenvalue weighted by Gasteiger charge is -2.21. The average Bonchev–Trinajstić information content (AvgIpc) is 2.79. The Morgan fingerprint density at radius 3 is 2.76 bits per heavy atom. The molecule has 2 heterocycles. The smallest absolute Gasteiger partial charge is 0.224 e. The van der Waals surface area contributed by atoms with Crippen LogP contribution in [0.15, 0.2) is 0 Å². The van der Waals surface area contributed by atoms with Gasteiger partial charge in [-0.25, -0.2) is 0 Å². The summed E-state index contributed by atoms with van der Waals surface area (Å²) in [6.07, 6.45) is 6.56. The van der Waals surface area contributed by atoms with Gasteiger partial charge in [-0.3, -0.25) is 4.79 Å². The SMILES string of the molecule is O=C(NCC1(CCO)CC1)C1CC2CCC1N2. The molecule has 96 valence electrons. The first-order valence-corrected chi connectivity index (χ1v) is 6.87. The standard InChI is InChI=1S/C13H22N2O2/c16-6-5-13(3-4-13)8-14-12(17)10-7-9-1-2-11(10)15-9/h9-11,15-16H,1-8H2,(H,14,17). The first-order valence-electron chi connectivity index (χ1n) is 6.87. The van der Waals surface area contributed by atoms with Crippen molar-refractivity contribution in [1.29, 1.82) is 0 Å². The van der Waals surface area contributed by atoms with E-state index in [0.717, 1.165) is 38.6 Å². The van der Waals surface area contributed by atoms with Crippen LogP contribution in [0, 0.1) is 11.3 Å². The Balaban J connectivity index is 1.48. The molecule has 1 saturated carbocycles. The Morgan fingerprint density at radius 2 is 2.24 bits per heavy atom. The molecule has 17 heavy (non-hydrogen) atoms. The van der Waals surface area contributed by atoms with Gasteiger partial charge in [0.2, 0.25) is 5.91 Å². The van der Waals surface area contributed by atoms with Gasteiger partial charge in [0.1, 0.15) is 0 Å². The minimum absolute atomic E-state index is 0.193. The van der Waals surface area contributed by atoms with Crippen LogP contribution in [0.3, 0.4) is 0 Å². The van der Waals surface area contributed by atoms with Crippen LogP contribution in [0.25, 0.3) is 0 Å². The predicted octanol–water partition coefficient (Wildman–Crippen LogP) is 0.406. The number of aliphatic hydroxyl groups excluding tert-OH is 1. The fraction of sp³-hybridized carbons (Fsp3) is 0.923. The van der Waals surface area contributed by atoms with E-state index < -0.39 is 0 Å². The van der Waals surface area contributed by atoms with E-state index in [9.17, 15) is 4.79 Å². The van der Waals surface area contributed by atoms with Crippen LogP contribution in [0.4, 0.5) is 0 Å². The Hall–Kier alpha value is -0.610. The highest BCUT2D eigenvalue weighted by molar-refractivity contribution is 5.80. The number of carbonyl (C=O) groups excluding carboxylic acids is 1. The highest BCUT2D eigenvalue weighted by atomic mass is 16.3. The Morgan fingerprint density at radius 1 is 1.41 bits per heavy atom. The third-order valence-corrected chi connectivity index (χ3v) is 4.87. The summed E-state index contributed by atoms with van der Waals surface area (Å²) in [5.74, 6) is 0.424. The van der Waals surface area contributed by atoms with Gasteiger partial charge in [0.05, 0.1) is 5.92 Å². The lowest BCUT2D eigenvalue weighted by molar-refractivity contribution is -0.125. The molecule has 4 heteroatoms. The molecule has 0 radical (unpaired) electrons. The average molecular weight is 238 g/mol. The summed E-state index contributed by atoms with van der Waals surface area (Å²) in [5, 5.41) is 15.6. The van der Waals surface area contributed by atoms with Gasteiger partial charge in [0.15, 0.2) is 0 Å². The van der Waals surface area contributed by atoms with Gasteiger partial charge in [-0.05, 0) is 43.9 Å². The largest absolute Gasteiger partial charge is 0.396 e. The molecule has 3 unspecified atom stereocenters. The predicted molar refractivity (Wildman–Crippen MR) is 64.4 cm³/mol. The second kappa shape index (κ2) is 4.25. The highest BCUT2D eigenvalue weighted by Crippen LogP contribution is 2.48. The van der Waals surface area contributed by atoms with E-state index in [-0.39, 0.29) is 23.8 Å². The molecule has 3 rings (SSSR count). The lowest BCUT2D eigenvalue weighted by Crippen LogP contribution is -2.40. The number of nitrogens with one attached hydrogen (secondary N) is 2. The summed E-state index contributed by atoms with van der Waals surface area (Å²) in [4.78, 5) is 12.1. The zero-order chi connectivity index (χ0) is 11.9. The summed E-state index contributed by atoms with van der Waals surface area (Å²) in [7, 11) is 0. The molecule has 0 aromatic rings. The fourth-order valence-electron chi connectivity index (χ4n) is 3.45. The van der Waals surface area contributed by atoms with E-state index in [2.05, 4.69) is 10.6 Å². The van der Waals surface area contributed by atoms with Crippen molar-refractivity contribution in [2.24, 2.45) is 11.3 Å². The molecule has 2 aliphatic heterocycles. The third kappa shape index (κ3) is 2.20. The molecular formula is C13H22N2O2. The lowest BCUT2D eigenvalue weighted by atomic mass is 9.88. The molecule has 3 N–H and O–H groups in total. The molecule has 1 aliphatic carbocycles. The van der Waals surface area contributed by atoms with Gasteiger partial charge in [0, 0.05) is 25.2 Å². The quantitative estimate of drug-likeness (QED) is 0.650. The number of fused-ring (bicyclic) bond motifs is 2. The normalized spacial score (nSPS) is 37.1. The summed E-state index contributed by atoms with van der Waals surface area (Å²) in [6.45, 7) is 1.01. The van der Waals surface area contributed by atoms with E-state index in [4.69, 9.17) is 5.11 Å². The van der Waals surface area contributed by atoms with E-state index in [0.29, 0.717) is 12.1 Å². The summed E-state index contributed by atoms with van der Waals surface area (Å²) in [5.41, 5.74) is 0.232. The molecule has 3 aliphatic rings. The molecular weight excluding hydrogens is 216 g/mol. The zero-order valence-corrected chi connectivity index (χ0v) is 10.2. The maximum atomic E-state index is 12.1. The molecule has 1 amide bonds. The van der Waals surface area contributed by atoms with Crippen molar-refractivity contribution in [3.63, 3.8) is 0 Å². The van der Waals surface area contributed by atoms with Gasteiger partial charge in [-0.1, -0.05) is 0 Å². The van der Waals surface area contributed by atoms with Crippen LogP contribution in [0.2, 0.25) is 0 Å². The Kier molecular flexibility index (Phi) is 2.87. The van der Waals surface area contributed by atoms with Crippen LogP contribution >= 0.6 is 0 Å². The molecule has 2 saturated heterocycles. The van der Waals surface area contributed by atoms with Crippen LogP contribution in [-0.4, -0.2) is 36.2 Å². The minimum atomic E-state index is 0.193. The number of carbonyl (C=O) groups is 1. The van der Waals surface area contributed by atoms with Crippen molar-refractivity contribution >= 4 is 5.91 Å². The van der Waals surface area contributed by atoms with Crippen LogP contribution in [0.5, 0.6) is 0 Å². The topological polar surface area (TPSA) is 61.4 Å². The summed E-state index contributed by atoms with van der Waals surface area (Å²) < 4.78 is 0. The van der Waals surface area contributed by atoms with Crippen molar-refractivity contribution in [3.8, 4) is 0 Å². The summed E-state index contributed by atoms with van der Waals surface area (Å²) in [6, 6.07) is 1.01. The number of hydrogen-bond acceptors (Lipinski definition) is 3. The zero-order valence-electron chi connectivity index (χ0n) is 10.2. The van der Waals surface area contributed by atoms with Gasteiger partial charge in [-0.15, -0.1) is 0 Å². The Labute approximate surface area is 102 Å². The molecule has 0 spiro atoms. The summed E-state index contributed by atoms with van der Waals surface area (Å²) >= 11 is 0. The Bertz CT molecular complexity index is 315. The number of hydrogen-bond donors (Lipinski definition) is 3. The van der Waals surface area contributed by atoms with Crippen molar-refractivity contribution < 1.29 is 9.90 Å². The van der Waals surface area contributed by atoms with Gasteiger partial charge >= 0.3 is 0 Å². The maximum absolute atomic E-state index is 12.1. The molecule has 4 nitrogen and oxygen atoms in total. The first-order chi connectivity index (χ1) is 8.22. The van der Waals surface area contributed by atoms with Crippen molar-refractivity contribution in [2.75, 3.05) is 13.2 Å². The van der Waals surface area contributed by atoms with E-state index in [1.807, 2.05) is 0 Å². The number of amides is 1. The monoisotopic (exact) mass is 238 g/mol. The van der Waals surface area contributed by atoms with Gasteiger partial charge < -0.3 is 15.7 Å². The maximum Gasteiger partial charge on any atom is 0.224 e.